The van der Waals surface area contributed by atoms with Gasteiger partial charge in [-0.15, -0.1) is 24.0 Å². The first kappa shape index (κ1) is 16.6. The molecular weight excluding hydrogens is 375 g/mol. The fourth-order valence-corrected chi connectivity index (χ4v) is 3.45. The van der Waals surface area contributed by atoms with Gasteiger partial charge in [0.1, 0.15) is 0 Å². The standard InChI is InChI=1S/C16H26N4.HI/c1-3-17-15(18-11-14-5-9-19(2)12-14)20-10-8-16(13-20)6-4-7-16;/h5,9,12H,3-4,6-8,10-11,13H2,1-2H3,(H,17,18);1H. The minimum absolute atomic E-state index is 0. The van der Waals surface area contributed by atoms with E-state index in [-0.39, 0.29) is 24.0 Å². The number of nitrogens with one attached hydrogen (secondary N) is 1. The highest BCUT2D eigenvalue weighted by Gasteiger charge is 2.43. The topological polar surface area (TPSA) is 32.6 Å². The first-order valence-electron chi connectivity index (χ1n) is 7.85. The van der Waals surface area contributed by atoms with E-state index >= 15 is 0 Å². The number of hydrogen-bond donors (Lipinski definition) is 1. The summed E-state index contributed by atoms with van der Waals surface area (Å²) in [6.07, 6.45) is 9.83. The van der Waals surface area contributed by atoms with Crippen LogP contribution in [-0.4, -0.2) is 35.1 Å². The van der Waals surface area contributed by atoms with Crippen molar-refractivity contribution < 1.29 is 0 Å². The number of aliphatic imine (C=N–C) groups is 1. The lowest BCUT2D eigenvalue weighted by atomic mass is 9.68. The van der Waals surface area contributed by atoms with Gasteiger partial charge in [0.05, 0.1) is 6.54 Å². The van der Waals surface area contributed by atoms with Gasteiger partial charge in [-0.25, -0.2) is 4.99 Å². The molecule has 0 unspecified atom stereocenters. The molecule has 0 bridgehead atoms. The van der Waals surface area contributed by atoms with Crippen molar-refractivity contribution in [3.8, 4) is 0 Å². The first-order chi connectivity index (χ1) is 9.71. The van der Waals surface area contributed by atoms with Crippen LogP contribution in [0.2, 0.25) is 0 Å². The van der Waals surface area contributed by atoms with Crippen molar-refractivity contribution in [3.05, 3.63) is 24.0 Å². The van der Waals surface area contributed by atoms with E-state index in [2.05, 4.69) is 47.2 Å². The molecule has 2 fully saturated rings. The number of aromatic nitrogens is 1. The molecule has 1 saturated heterocycles. The van der Waals surface area contributed by atoms with Gasteiger partial charge in [0.15, 0.2) is 5.96 Å². The van der Waals surface area contributed by atoms with Crippen LogP contribution in [0.3, 0.4) is 0 Å². The summed E-state index contributed by atoms with van der Waals surface area (Å²) < 4.78 is 2.08. The van der Waals surface area contributed by atoms with Crippen molar-refractivity contribution in [2.24, 2.45) is 17.5 Å². The Hall–Kier alpha value is -0.720. The zero-order valence-corrected chi connectivity index (χ0v) is 15.5. The van der Waals surface area contributed by atoms with Crippen LogP contribution < -0.4 is 5.32 Å². The Kier molecular flexibility index (Phi) is 5.57. The molecule has 1 aromatic heterocycles. The predicted molar refractivity (Wildman–Crippen MR) is 98.1 cm³/mol. The predicted octanol–water partition coefficient (Wildman–Crippen LogP) is 2.98. The first-order valence-corrected chi connectivity index (χ1v) is 7.85. The van der Waals surface area contributed by atoms with Crippen molar-refractivity contribution in [3.63, 3.8) is 0 Å². The van der Waals surface area contributed by atoms with E-state index in [0.717, 1.165) is 19.0 Å². The van der Waals surface area contributed by atoms with E-state index in [4.69, 9.17) is 4.99 Å². The lowest BCUT2D eigenvalue weighted by Crippen LogP contribution is -2.42. The smallest absolute Gasteiger partial charge is 0.194 e. The highest BCUT2D eigenvalue weighted by atomic mass is 127. The van der Waals surface area contributed by atoms with Crippen molar-refractivity contribution in [1.29, 1.82) is 0 Å². The second-order valence-electron chi connectivity index (χ2n) is 6.38. The monoisotopic (exact) mass is 402 g/mol. The molecule has 21 heavy (non-hydrogen) atoms. The molecule has 1 aliphatic carbocycles. The summed E-state index contributed by atoms with van der Waals surface area (Å²) in [6.45, 7) is 6.23. The molecule has 4 nitrogen and oxygen atoms in total. The van der Waals surface area contributed by atoms with E-state index < -0.39 is 0 Å². The van der Waals surface area contributed by atoms with Crippen molar-refractivity contribution >= 4 is 29.9 Å². The molecule has 2 aliphatic rings. The van der Waals surface area contributed by atoms with Gasteiger partial charge in [-0.3, -0.25) is 0 Å². The molecule has 1 aliphatic heterocycles. The van der Waals surface area contributed by atoms with E-state index in [1.807, 2.05) is 0 Å². The lowest BCUT2D eigenvalue weighted by molar-refractivity contribution is 0.151. The molecule has 3 rings (SSSR count). The van der Waals surface area contributed by atoms with Crippen LogP contribution in [0.25, 0.3) is 0 Å². The third-order valence-electron chi connectivity index (χ3n) is 4.79. The number of likely N-dealkylation sites (tertiary alicyclic amines) is 1. The van der Waals surface area contributed by atoms with Crippen molar-refractivity contribution in [2.75, 3.05) is 19.6 Å². The number of guanidine groups is 1. The van der Waals surface area contributed by atoms with E-state index in [1.54, 1.807) is 0 Å². The van der Waals surface area contributed by atoms with Gasteiger partial charge in [0, 0.05) is 39.1 Å². The minimum Gasteiger partial charge on any atom is -0.357 e. The van der Waals surface area contributed by atoms with Gasteiger partial charge < -0.3 is 14.8 Å². The Balaban J connectivity index is 0.00000161. The molecule has 1 aromatic rings. The maximum absolute atomic E-state index is 4.82. The Labute approximate surface area is 145 Å². The zero-order chi connectivity index (χ0) is 14.0. The van der Waals surface area contributed by atoms with Gasteiger partial charge in [-0.1, -0.05) is 6.42 Å². The average molecular weight is 402 g/mol. The van der Waals surface area contributed by atoms with E-state index in [0.29, 0.717) is 5.41 Å². The quantitative estimate of drug-likeness (QED) is 0.479. The third kappa shape index (κ3) is 3.73. The number of aryl methyl sites for hydroxylation is 1. The number of halogens is 1. The zero-order valence-electron chi connectivity index (χ0n) is 13.1. The van der Waals surface area contributed by atoms with Gasteiger partial charge in [0.25, 0.3) is 0 Å². The molecule has 0 atom stereocenters. The van der Waals surface area contributed by atoms with Gasteiger partial charge >= 0.3 is 0 Å². The minimum atomic E-state index is 0. The number of nitrogens with zero attached hydrogens (tertiary/aromatic N) is 3. The van der Waals surface area contributed by atoms with Crippen LogP contribution in [0.5, 0.6) is 0 Å². The molecule has 0 radical (unpaired) electrons. The fraction of sp³-hybridized carbons (Fsp3) is 0.688. The third-order valence-corrected chi connectivity index (χ3v) is 4.79. The Bertz CT molecular complexity index is 490. The van der Waals surface area contributed by atoms with Crippen LogP contribution in [0, 0.1) is 5.41 Å². The summed E-state index contributed by atoms with van der Waals surface area (Å²) in [4.78, 5) is 7.29. The molecule has 1 saturated carbocycles. The number of hydrogen-bond acceptors (Lipinski definition) is 1. The fourth-order valence-electron chi connectivity index (χ4n) is 3.45. The van der Waals surface area contributed by atoms with Crippen LogP contribution in [0.4, 0.5) is 0 Å². The van der Waals surface area contributed by atoms with Gasteiger partial charge in [0.2, 0.25) is 0 Å². The summed E-state index contributed by atoms with van der Waals surface area (Å²) in [5, 5.41) is 3.46. The highest BCUT2D eigenvalue weighted by Crippen LogP contribution is 2.47. The Morgan fingerprint density at radius 2 is 2.19 bits per heavy atom. The van der Waals surface area contributed by atoms with Crippen LogP contribution in [-0.2, 0) is 13.6 Å². The molecule has 1 N–H and O–H groups in total. The van der Waals surface area contributed by atoms with Crippen molar-refractivity contribution in [2.45, 2.75) is 39.2 Å². The average Bonchev–Trinajstić information content (AvgIpc) is 3.00. The van der Waals surface area contributed by atoms with Gasteiger partial charge in [-0.05, 0) is 43.2 Å². The second-order valence-corrected chi connectivity index (χ2v) is 6.38. The number of rotatable bonds is 3. The maximum Gasteiger partial charge on any atom is 0.194 e. The van der Waals surface area contributed by atoms with Gasteiger partial charge in [-0.2, -0.15) is 0 Å². The summed E-state index contributed by atoms with van der Waals surface area (Å²) in [6, 6.07) is 2.14. The van der Waals surface area contributed by atoms with Crippen LogP contribution in [0.15, 0.2) is 23.5 Å². The Morgan fingerprint density at radius 1 is 1.38 bits per heavy atom. The molecule has 2 heterocycles. The summed E-state index contributed by atoms with van der Waals surface area (Å²) in [5.41, 5.74) is 1.91. The summed E-state index contributed by atoms with van der Waals surface area (Å²) in [7, 11) is 2.05. The van der Waals surface area contributed by atoms with Crippen LogP contribution in [0.1, 0.15) is 38.2 Å². The largest absolute Gasteiger partial charge is 0.357 e. The molecule has 0 aromatic carbocycles. The van der Waals surface area contributed by atoms with E-state index in [1.165, 1.54) is 44.3 Å². The SMILES string of the molecule is CCNC(=NCc1ccn(C)c1)N1CCC2(CCC2)C1.I. The molecular formula is C16H27IN4. The lowest BCUT2D eigenvalue weighted by Gasteiger charge is -2.38. The van der Waals surface area contributed by atoms with E-state index in [9.17, 15) is 0 Å². The summed E-state index contributed by atoms with van der Waals surface area (Å²) >= 11 is 0. The normalized spacial score (nSPS) is 20.3. The maximum atomic E-state index is 4.82. The molecule has 118 valence electrons. The molecule has 1 spiro atoms. The summed E-state index contributed by atoms with van der Waals surface area (Å²) in [5.74, 6) is 1.10. The Morgan fingerprint density at radius 3 is 2.71 bits per heavy atom. The molecule has 0 amide bonds. The highest BCUT2D eigenvalue weighted by molar-refractivity contribution is 14.0. The second kappa shape index (κ2) is 7.03. The van der Waals surface area contributed by atoms with Crippen LogP contribution >= 0.6 is 24.0 Å². The van der Waals surface area contributed by atoms with Crippen molar-refractivity contribution in [1.82, 2.24) is 14.8 Å². The molecule has 5 heteroatoms.